The fourth-order valence-electron chi connectivity index (χ4n) is 8.03. The maximum atomic E-state index is 2.40. The van der Waals surface area contributed by atoms with Gasteiger partial charge in [0.25, 0.3) is 0 Å². The van der Waals surface area contributed by atoms with Gasteiger partial charge in [-0.15, -0.1) is 0 Å². The van der Waals surface area contributed by atoms with Gasteiger partial charge in [0.2, 0.25) is 0 Å². The van der Waals surface area contributed by atoms with Gasteiger partial charge in [-0.2, -0.15) is 0 Å². The quantitative estimate of drug-likeness (QED) is 0.180. The molecule has 0 heteroatoms. The van der Waals surface area contributed by atoms with Crippen LogP contribution in [0.4, 0.5) is 0 Å². The zero-order valence-corrected chi connectivity index (χ0v) is 24.7. The van der Waals surface area contributed by atoms with Crippen LogP contribution in [0.25, 0.3) is 33.4 Å². The first-order chi connectivity index (χ1) is 20.4. The molecular formula is C42H34. The van der Waals surface area contributed by atoms with Crippen LogP contribution in [0, 0.1) is 13.8 Å². The van der Waals surface area contributed by atoms with Gasteiger partial charge in [0.1, 0.15) is 0 Å². The molecule has 6 aromatic carbocycles. The summed E-state index contributed by atoms with van der Waals surface area (Å²) in [6.07, 6.45) is 0. The average molecular weight is 539 g/mol. The van der Waals surface area contributed by atoms with Crippen LogP contribution in [-0.4, -0.2) is 0 Å². The normalized spacial score (nSPS) is 15.0. The van der Waals surface area contributed by atoms with Crippen molar-refractivity contribution in [1.29, 1.82) is 0 Å². The summed E-state index contributed by atoms with van der Waals surface area (Å²) >= 11 is 0. The van der Waals surface area contributed by atoms with E-state index < -0.39 is 0 Å². The zero-order valence-electron chi connectivity index (χ0n) is 24.7. The molecule has 0 aromatic heterocycles. The second-order valence-electron chi connectivity index (χ2n) is 12.7. The number of hydrogen-bond donors (Lipinski definition) is 0. The van der Waals surface area contributed by atoms with Crippen molar-refractivity contribution in [2.24, 2.45) is 0 Å². The van der Waals surface area contributed by atoms with E-state index in [1.165, 1.54) is 77.9 Å². The Bertz CT molecular complexity index is 1970. The van der Waals surface area contributed by atoms with E-state index >= 15 is 0 Å². The lowest BCUT2D eigenvalue weighted by molar-refractivity contribution is 0.660. The highest BCUT2D eigenvalue weighted by atomic mass is 14.5. The number of hydrogen-bond acceptors (Lipinski definition) is 0. The first-order valence-corrected chi connectivity index (χ1v) is 15.0. The van der Waals surface area contributed by atoms with Crippen molar-refractivity contribution in [3.05, 3.63) is 178 Å². The first kappa shape index (κ1) is 25.1. The van der Waals surface area contributed by atoms with E-state index in [0.29, 0.717) is 0 Å². The van der Waals surface area contributed by atoms with Crippen LogP contribution in [0.3, 0.4) is 0 Å². The Morgan fingerprint density at radius 2 is 0.667 bits per heavy atom. The first-order valence-electron chi connectivity index (χ1n) is 15.0. The summed E-state index contributed by atoms with van der Waals surface area (Å²) in [5, 5.41) is 0. The SMILES string of the molecule is Cc1ccc2c(c1)C(C)(C)c1ccccc1-2.Cc1ccc2c(c1)C1(c3ccccc3-c3ccccc31)c1ccccc1-2. The molecular weight excluding hydrogens is 504 g/mol. The van der Waals surface area contributed by atoms with Crippen molar-refractivity contribution in [1.82, 2.24) is 0 Å². The van der Waals surface area contributed by atoms with Gasteiger partial charge in [-0.25, -0.2) is 0 Å². The highest BCUT2D eigenvalue weighted by Crippen LogP contribution is 2.62. The minimum atomic E-state index is -0.189. The maximum absolute atomic E-state index is 2.40. The Morgan fingerprint density at radius 3 is 1.14 bits per heavy atom. The second-order valence-corrected chi connectivity index (χ2v) is 12.7. The monoisotopic (exact) mass is 538 g/mol. The fraction of sp³-hybridized carbons (Fsp3) is 0.143. The molecule has 0 nitrogen and oxygen atoms in total. The van der Waals surface area contributed by atoms with E-state index in [2.05, 4.69) is 161 Å². The molecule has 202 valence electrons. The fourth-order valence-corrected chi connectivity index (χ4v) is 8.03. The molecule has 0 bridgehead atoms. The van der Waals surface area contributed by atoms with Gasteiger partial charge < -0.3 is 0 Å². The Hall–Kier alpha value is -4.68. The van der Waals surface area contributed by atoms with Crippen molar-refractivity contribution in [2.75, 3.05) is 0 Å². The lowest BCUT2D eigenvalue weighted by Gasteiger charge is -2.30. The second kappa shape index (κ2) is 8.91. The van der Waals surface area contributed by atoms with Crippen LogP contribution >= 0.6 is 0 Å². The summed E-state index contributed by atoms with van der Waals surface area (Å²) in [7, 11) is 0. The lowest BCUT2D eigenvalue weighted by atomic mass is 9.70. The van der Waals surface area contributed by atoms with Crippen molar-refractivity contribution < 1.29 is 0 Å². The van der Waals surface area contributed by atoms with Crippen molar-refractivity contribution >= 4 is 0 Å². The third-order valence-corrected chi connectivity index (χ3v) is 9.89. The van der Waals surface area contributed by atoms with Gasteiger partial charge in [0, 0.05) is 5.41 Å². The predicted molar refractivity (Wildman–Crippen MR) is 176 cm³/mol. The van der Waals surface area contributed by atoms with Gasteiger partial charge in [-0.3, -0.25) is 0 Å². The Labute approximate surface area is 249 Å². The smallest absolute Gasteiger partial charge is 0.0619 e. The Balaban J connectivity index is 0.000000143. The Morgan fingerprint density at radius 1 is 0.333 bits per heavy atom. The van der Waals surface area contributed by atoms with Crippen molar-refractivity contribution in [3.63, 3.8) is 0 Å². The highest BCUT2D eigenvalue weighted by molar-refractivity contribution is 5.95. The number of rotatable bonds is 0. The van der Waals surface area contributed by atoms with Crippen LogP contribution in [0.15, 0.2) is 133 Å². The summed E-state index contributed by atoms with van der Waals surface area (Å²) in [5.74, 6) is 0. The molecule has 0 radical (unpaired) electrons. The topological polar surface area (TPSA) is 0 Å². The van der Waals surface area contributed by atoms with Gasteiger partial charge in [0.15, 0.2) is 0 Å². The van der Waals surface area contributed by atoms with Gasteiger partial charge in [-0.1, -0.05) is 158 Å². The average Bonchev–Trinajstić information content (AvgIpc) is 3.56. The molecule has 3 aliphatic carbocycles. The molecule has 0 saturated heterocycles. The summed E-state index contributed by atoms with van der Waals surface area (Å²) < 4.78 is 0. The molecule has 0 amide bonds. The van der Waals surface area contributed by atoms with E-state index in [1.807, 2.05) is 0 Å². The zero-order chi connectivity index (χ0) is 28.6. The third-order valence-electron chi connectivity index (χ3n) is 9.89. The van der Waals surface area contributed by atoms with E-state index in [0.717, 1.165) is 0 Å². The van der Waals surface area contributed by atoms with E-state index in [9.17, 15) is 0 Å². The van der Waals surface area contributed by atoms with E-state index in [1.54, 1.807) is 0 Å². The van der Waals surface area contributed by atoms with Crippen molar-refractivity contribution in [2.45, 2.75) is 38.5 Å². The summed E-state index contributed by atoms with van der Waals surface area (Å²) in [4.78, 5) is 0. The molecule has 0 atom stereocenters. The summed E-state index contributed by atoms with van der Waals surface area (Å²) in [6.45, 7) is 9.00. The number of benzene rings is 6. The summed E-state index contributed by atoms with van der Waals surface area (Å²) in [6, 6.07) is 49.3. The molecule has 0 saturated carbocycles. The van der Waals surface area contributed by atoms with Crippen LogP contribution in [0.1, 0.15) is 58.4 Å². The molecule has 9 rings (SSSR count). The van der Waals surface area contributed by atoms with E-state index in [-0.39, 0.29) is 10.8 Å². The lowest BCUT2D eigenvalue weighted by Crippen LogP contribution is -2.25. The van der Waals surface area contributed by atoms with Crippen LogP contribution in [-0.2, 0) is 10.8 Å². The molecule has 0 N–H and O–H groups in total. The molecule has 0 unspecified atom stereocenters. The number of aryl methyl sites for hydroxylation is 2. The molecule has 0 fully saturated rings. The minimum Gasteiger partial charge on any atom is -0.0619 e. The van der Waals surface area contributed by atoms with Crippen LogP contribution in [0.2, 0.25) is 0 Å². The molecule has 0 aliphatic heterocycles. The Kier molecular flexibility index (Phi) is 5.32. The molecule has 42 heavy (non-hydrogen) atoms. The molecule has 3 aliphatic rings. The van der Waals surface area contributed by atoms with Gasteiger partial charge in [-0.05, 0) is 80.6 Å². The molecule has 6 aromatic rings. The van der Waals surface area contributed by atoms with Crippen LogP contribution < -0.4 is 0 Å². The van der Waals surface area contributed by atoms with Crippen LogP contribution in [0.5, 0.6) is 0 Å². The van der Waals surface area contributed by atoms with E-state index in [4.69, 9.17) is 0 Å². The highest BCUT2D eigenvalue weighted by Gasteiger charge is 2.51. The third kappa shape index (κ3) is 3.24. The predicted octanol–water partition coefficient (Wildman–Crippen LogP) is 10.6. The number of fused-ring (bicyclic) bond motifs is 13. The van der Waals surface area contributed by atoms with Crippen molar-refractivity contribution in [3.8, 4) is 33.4 Å². The molecule has 1 spiro atoms. The summed E-state index contributed by atoms with van der Waals surface area (Å²) in [5.41, 5.74) is 19.5. The molecule has 0 heterocycles. The largest absolute Gasteiger partial charge is 0.0725 e. The minimum absolute atomic E-state index is 0.151. The van der Waals surface area contributed by atoms with Gasteiger partial charge >= 0.3 is 0 Å². The maximum Gasteiger partial charge on any atom is 0.0725 e. The standard InChI is InChI=1S/C26H18.C16H16/c1-17-14-15-21-20-10-4-7-13-24(20)26(25(21)16-17)22-11-5-2-8-18(22)19-9-3-6-12-23(19)26;1-11-8-9-13-12-6-4-5-7-14(12)16(2,3)15(13)10-11/h2-16H,1H3;4-10H,1-3H3. The van der Waals surface area contributed by atoms with Gasteiger partial charge in [0.05, 0.1) is 5.41 Å².